The minimum atomic E-state index is -0.783. The van der Waals surface area contributed by atoms with Crippen LogP contribution in [0, 0.1) is 0 Å². The third-order valence-electron chi connectivity index (χ3n) is 12.3. The lowest BCUT2D eigenvalue weighted by Crippen LogP contribution is -2.30. The fourth-order valence-corrected chi connectivity index (χ4v) is 7.99. The lowest BCUT2D eigenvalue weighted by Gasteiger charge is -2.18. The molecule has 0 saturated heterocycles. The van der Waals surface area contributed by atoms with Gasteiger partial charge in [-0.3, -0.25) is 14.4 Å². The molecule has 0 aromatic rings. The Morgan fingerprint density at radius 3 is 0.892 bits per heavy atom. The Bertz CT molecular complexity index is 1140. The zero-order valence-corrected chi connectivity index (χ0v) is 43.3. The van der Waals surface area contributed by atoms with Crippen molar-refractivity contribution < 1.29 is 28.6 Å². The van der Waals surface area contributed by atoms with Crippen molar-refractivity contribution in [2.75, 3.05) is 13.2 Å². The number of carbonyl (C=O) groups excluding carboxylic acids is 3. The SMILES string of the molecule is CCCCC/C=C\C/C=C\CCCCCCCCCC(=O)OC(COC(=O)CCCCCCC/C=C\CCCCC)COC(=O)CCCCCCC/C=C\CCCCCCCCCCC. The molecular formula is C59H106O6. The van der Waals surface area contributed by atoms with Crippen LogP contribution in [0.15, 0.2) is 48.6 Å². The molecule has 1 unspecified atom stereocenters. The minimum Gasteiger partial charge on any atom is -0.462 e. The second-order valence-electron chi connectivity index (χ2n) is 18.8. The highest BCUT2D eigenvalue weighted by atomic mass is 16.6. The van der Waals surface area contributed by atoms with Crippen LogP contribution >= 0.6 is 0 Å². The van der Waals surface area contributed by atoms with Gasteiger partial charge in [-0.15, -0.1) is 0 Å². The van der Waals surface area contributed by atoms with E-state index >= 15 is 0 Å². The van der Waals surface area contributed by atoms with Crippen molar-refractivity contribution in [2.45, 2.75) is 297 Å². The fraction of sp³-hybridized carbons (Fsp3) is 0.814. The van der Waals surface area contributed by atoms with E-state index in [1.165, 1.54) is 167 Å². The number of hydrogen-bond donors (Lipinski definition) is 0. The molecule has 65 heavy (non-hydrogen) atoms. The van der Waals surface area contributed by atoms with Gasteiger partial charge in [-0.1, -0.05) is 217 Å². The number of carbonyl (C=O) groups is 3. The van der Waals surface area contributed by atoms with Crippen LogP contribution < -0.4 is 0 Å². The lowest BCUT2D eigenvalue weighted by atomic mass is 10.1. The molecule has 6 nitrogen and oxygen atoms in total. The van der Waals surface area contributed by atoms with Gasteiger partial charge in [0.25, 0.3) is 0 Å². The Kier molecular flexibility index (Phi) is 51.8. The van der Waals surface area contributed by atoms with Crippen LogP contribution in [0.5, 0.6) is 0 Å². The number of esters is 3. The van der Waals surface area contributed by atoms with Gasteiger partial charge in [0.05, 0.1) is 0 Å². The third kappa shape index (κ3) is 52.2. The Morgan fingerprint density at radius 2 is 0.554 bits per heavy atom. The van der Waals surface area contributed by atoms with E-state index in [4.69, 9.17) is 14.2 Å². The molecule has 0 saturated carbocycles. The van der Waals surface area contributed by atoms with Gasteiger partial charge in [0.2, 0.25) is 0 Å². The second-order valence-corrected chi connectivity index (χ2v) is 18.8. The molecule has 1 atom stereocenters. The van der Waals surface area contributed by atoms with Crippen LogP contribution in [0.4, 0.5) is 0 Å². The average Bonchev–Trinajstić information content (AvgIpc) is 3.30. The molecule has 0 rings (SSSR count). The van der Waals surface area contributed by atoms with E-state index in [2.05, 4.69) is 69.4 Å². The Balaban J connectivity index is 4.37. The minimum absolute atomic E-state index is 0.0821. The van der Waals surface area contributed by atoms with Gasteiger partial charge in [0.15, 0.2) is 6.10 Å². The average molecular weight is 911 g/mol. The molecule has 0 bridgehead atoms. The first kappa shape index (κ1) is 62.4. The molecule has 0 aliphatic rings. The molecule has 378 valence electrons. The van der Waals surface area contributed by atoms with E-state index in [0.29, 0.717) is 19.3 Å². The van der Waals surface area contributed by atoms with Crippen molar-refractivity contribution in [1.29, 1.82) is 0 Å². The summed E-state index contributed by atoms with van der Waals surface area (Å²) in [4.78, 5) is 38.1. The highest BCUT2D eigenvalue weighted by Crippen LogP contribution is 2.15. The molecule has 0 aliphatic carbocycles. The first-order valence-corrected chi connectivity index (χ1v) is 28.1. The number of unbranched alkanes of at least 4 members (excludes halogenated alkanes) is 32. The molecule has 0 N–H and O–H groups in total. The summed E-state index contributed by atoms with van der Waals surface area (Å²) in [7, 11) is 0. The number of hydrogen-bond acceptors (Lipinski definition) is 6. The molecule has 0 spiro atoms. The number of allylic oxidation sites excluding steroid dienone is 8. The normalized spacial score (nSPS) is 12.4. The van der Waals surface area contributed by atoms with Crippen molar-refractivity contribution in [1.82, 2.24) is 0 Å². The maximum Gasteiger partial charge on any atom is 0.306 e. The highest BCUT2D eigenvalue weighted by Gasteiger charge is 2.19. The van der Waals surface area contributed by atoms with Gasteiger partial charge in [0.1, 0.15) is 13.2 Å². The molecule has 0 aromatic carbocycles. The van der Waals surface area contributed by atoms with Crippen LogP contribution in [0.2, 0.25) is 0 Å². The molecule has 0 aliphatic heterocycles. The molecule has 6 heteroatoms. The summed E-state index contributed by atoms with van der Waals surface area (Å²) in [6.07, 6.45) is 65.2. The maximum absolute atomic E-state index is 12.8. The Morgan fingerprint density at radius 1 is 0.308 bits per heavy atom. The molecule has 0 radical (unpaired) electrons. The van der Waals surface area contributed by atoms with E-state index in [0.717, 1.165) is 83.5 Å². The quantitative estimate of drug-likeness (QED) is 0.0262. The summed E-state index contributed by atoms with van der Waals surface area (Å²) in [5.41, 5.74) is 0. The van der Waals surface area contributed by atoms with Gasteiger partial charge in [-0.05, 0) is 103 Å². The van der Waals surface area contributed by atoms with Gasteiger partial charge in [-0.2, -0.15) is 0 Å². The van der Waals surface area contributed by atoms with E-state index in [-0.39, 0.29) is 31.1 Å². The topological polar surface area (TPSA) is 78.9 Å². The molecule has 0 heterocycles. The second kappa shape index (κ2) is 54.0. The van der Waals surface area contributed by atoms with E-state index in [1.807, 2.05) is 0 Å². The summed E-state index contributed by atoms with van der Waals surface area (Å²) in [6, 6.07) is 0. The fourth-order valence-electron chi connectivity index (χ4n) is 7.99. The Hall–Kier alpha value is -2.63. The van der Waals surface area contributed by atoms with Gasteiger partial charge in [0, 0.05) is 19.3 Å². The van der Waals surface area contributed by atoms with Crippen LogP contribution in [0.1, 0.15) is 290 Å². The predicted molar refractivity (Wildman–Crippen MR) is 279 cm³/mol. The molecule has 0 fully saturated rings. The smallest absolute Gasteiger partial charge is 0.306 e. The van der Waals surface area contributed by atoms with Crippen molar-refractivity contribution in [3.8, 4) is 0 Å². The highest BCUT2D eigenvalue weighted by molar-refractivity contribution is 5.71. The standard InChI is InChI=1S/C59H106O6/c1-4-7-10-13-16-19-22-25-27-29-31-32-34-37-40-43-46-49-52-58(61)64-55-56(54-63-57(60)51-48-45-42-39-36-24-21-18-15-12-9-6-3)65-59(62)53-50-47-44-41-38-35-33-30-28-26-23-20-17-14-11-8-5-2/h17-18,20-21,26,28,31-32,56H,4-16,19,22-25,27,29-30,33-55H2,1-3H3/b20-17-,21-18-,28-26-,32-31-. The summed E-state index contributed by atoms with van der Waals surface area (Å²) in [5.74, 6) is -0.896. The number of rotatable bonds is 51. The maximum atomic E-state index is 12.8. The summed E-state index contributed by atoms with van der Waals surface area (Å²) in [5, 5.41) is 0. The molecule has 0 amide bonds. The molecule has 0 aromatic heterocycles. The first-order chi connectivity index (χ1) is 32.0. The van der Waals surface area contributed by atoms with E-state index in [9.17, 15) is 14.4 Å². The van der Waals surface area contributed by atoms with Crippen molar-refractivity contribution in [3.05, 3.63) is 48.6 Å². The zero-order chi connectivity index (χ0) is 47.2. The third-order valence-corrected chi connectivity index (χ3v) is 12.3. The number of ether oxygens (including phenoxy) is 3. The lowest BCUT2D eigenvalue weighted by molar-refractivity contribution is -0.167. The van der Waals surface area contributed by atoms with Crippen molar-refractivity contribution in [2.24, 2.45) is 0 Å². The van der Waals surface area contributed by atoms with E-state index < -0.39 is 6.10 Å². The predicted octanol–water partition coefficient (Wildman–Crippen LogP) is 18.7. The van der Waals surface area contributed by atoms with Crippen molar-refractivity contribution in [3.63, 3.8) is 0 Å². The van der Waals surface area contributed by atoms with E-state index in [1.54, 1.807) is 0 Å². The Labute approximate surface area is 403 Å². The monoisotopic (exact) mass is 911 g/mol. The summed E-state index contributed by atoms with van der Waals surface area (Å²) >= 11 is 0. The zero-order valence-electron chi connectivity index (χ0n) is 43.3. The van der Waals surface area contributed by atoms with Crippen molar-refractivity contribution >= 4 is 17.9 Å². The first-order valence-electron chi connectivity index (χ1n) is 28.1. The summed E-state index contributed by atoms with van der Waals surface area (Å²) < 4.78 is 16.8. The van der Waals surface area contributed by atoms with Crippen LogP contribution in [-0.2, 0) is 28.6 Å². The largest absolute Gasteiger partial charge is 0.462 e. The van der Waals surface area contributed by atoms with Crippen LogP contribution in [0.25, 0.3) is 0 Å². The van der Waals surface area contributed by atoms with Crippen LogP contribution in [-0.4, -0.2) is 37.2 Å². The van der Waals surface area contributed by atoms with Gasteiger partial charge in [-0.25, -0.2) is 0 Å². The van der Waals surface area contributed by atoms with Gasteiger partial charge < -0.3 is 14.2 Å². The van der Waals surface area contributed by atoms with Gasteiger partial charge >= 0.3 is 17.9 Å². The molecular weight excluding hydrogens is 805 g/mol. The summed E-state index contributed by atoms with van der Waals surface area (Å²) in [6.45, 7) is 6.59. The van der Waals surface area contributed by atoms with Crippen LogP contribution in [0.3, 0.4) is 0 Å².